The Bertz CT molecular complexity index is 3440. The van der Waals surface area contributed by atoms with Crippen LogP contribution in [0.15, 0.2) is 230 Å². The van der Waals surface area contributed by atoms with Crippen LogP contribution in [-0.2, 0) is 0 Å². The molecule has 4 heteroatoms. The van der Waals surface area contributed by atoms with Gasteiger partial charge in [0.25, 0.3) is 0 Å². The summed E-state index contributed by atoms with van der Waals surface area (Å²) in [4.78, 5) is 15.2. The molecule has 2 aromatic heterocycles. The van der Waals surface area contributed by atoms with Gasteiger partial charge in [0.2, 0.25) is 0 Å². The Balaban J connectivity index is 1.07. The first-order chi connectivity index (χ1) is 31.9. The van der Waals surface area contributed by atoms with Gasteiger partial charge in [-0.1, -0.05) is 200 Å². The molecule has 61 heavy (non-hydrogen) atoms. The Morgan fingerprint density at radius 2 is 0.721 bits per heavy atom. The molecule has 0 amide bonds. The summed E-state index contributed by atoms with van der Waals surface area (Å²) in [6, 6.07) is 68.7. The summed E-state index contributed by atoms with van der Waals surface area (Å²) >= 11 is 0. The molecule has 4 nitrogen and oxygen atoms in total. The molecule has 0 atom stereocenters. The fourth-order valence-electron chi connectivity index (χ4n) is 8.24. The smallest absolute Gasteiger partial charge is 0.164 e. The fraction of sp³-hybridized carbons (Fsp3) is 0. The Labute approximate surface area is 360 Å². The highest BCUT2D eigenvalue weighted by molar-refractivity contribution is 6.14. The highest BCUT2D eigenvalue weighted by Gasteiger charge is 2.19. The van der Waals surface area contributed by atoms with Crippen molar-refractivity contribution in [2.45, 2.75) is 0 Å². The summed E-state index contributed by atoms with van der Waals surface area (Å²) in [6.07, 6.45) is 0. The first kappa shape index (κ1) is 31.7. The number of hydrogen-bond acceptors (Lipinski definition) is 3. The van der Waals surface area contributed by atoms with Crippen LogP contribution < -0.4 is 0 Å². The van der Waals surface area contributed by atoms with Gasteiger partial charge in [-0.3, -0.25) is 0 Å². The molecule has 0 aliphatic heterocycles. The van der Waals surface area contributed by atoms with Gasteiger partial charge < -0.3 is 4.57 Å². The van der Waals surface area contributed by atoms with Crippen molar-refractivity contribution in [2.75, 3.05) is 0 Å². The van der Waals surface area contributed by atoms with E-state index >= 15 is 0 Å². The van der Waals surface area contributed by atoms with Gasteiger partial charge in [0.15, 0.2) is 17.5 Å². The van der Waals surface area contributed by atoms with Crippen molar-refractivity contribution in [1.82, 2.24) is 19.5 Å². The van der Waals surface area contributed by atoms with E-state index in [0.717, 1.165) is 77.8 Å². The molecule has 0 spiro atoms. The van der Waals surface area contributed by atoms with Crippen LogP contribution >= 0.6 is 0 Å². The van der Waals surface area contributed by atoms with Crippen LogP contribution in [0.25, 0.3) is 106 Å². The van der Waals surface area contributed by atoms with Crippen LogP contribution in [0.5, 0.6) is 0 Å². The third kappa shape index (κ3) is 6.76. The van der Waals surface area contributed by atoms with Crippen molar-refractivity contribution in [3.05, 3.63) is 230 Å². The summed E-state index contributed by atoms with van der Waals surface area (Å²) in [6.45, 7) is 0. The predicted molar refractivity (Wildman–Crippen MR) is 252 cm³/mol. The minimum Gasteiger partial charge on any atom is -0.309 e. The van der Waals surface area contributed by atoms with Crippen molar-refractivity contribution in [1.29, 1.82) is 0 Å². The molecule has 11 rings (SSSR count). The third-order valence-corrected chi connectivity index (χ3v) is 11.2. The summed E-state index contributed by atoms with van der Waals surface area (Å²) in [7, 11) is 0. The molecular formula is C57H38N4. The minimum atomic E-state index is -0.284. The molecule has 9 aromatic carbocycles. The molecule has 11 aromatic rings. The summed E-state index contributed by atoms with van der Waals surface area (Å²) in [5.74, 6) is 1.58. The van der Waals surface area contributed by atoms with E-state index in [-0.39, 0.29) is 24.2 Å². The lowest BCUT2D eigenvalue weighted by Gasteiger charge is -2.15. The summed E-state index contributed by atoms with van der Waals surface area (Å²) < 4.78 is 37.9. The lowest BCUT2D eigenvalue weighted by molar-refractivity contribution is 1.07. The standard InChI is InChI=1S/C57H38N4/c1-4-15-39(16-5-1)41-27-31-44(32-28-41)55-58-56(45-33-29-42(30-34-45)40-17-6-2-7-18-40)60-57(59-55)46-35-37-47(38-36-46)61-53-26-13-12-23-50(53)52-25-14-24-51(54(52)61)49-22-11-10-21-48(49)43-19-8-3-9-20-43/h1-38H/i12D,13D,23D,26D. The highest BCUT2D eigenvalue weighted by atomic mass is 15.0. The monoisotopic (exact) mass is 782 g/mol. The number of fused-ring (bicyclic) bond motifs is 3. The molecule has 0 aliphatic carbocycles. The number of aromatic nitrogens is 4. The topological polar surface area (TPSA) is 43.6 Å². The number of para-hydroxylation sites is 2. The normalized spacial score (nSPS) is 12.2. The van der Waals surface area contributed by atoms with Crippen LogP contribution in [0, 0.1) is 0 Å². The molecule has 0 saturated carbocycles. The van der Waals surface area contributed by atoms with E-state index < -0.39 is 0 Å². The van der Waals surface area contributed by atoms with Crippen LogP contribution in [0.4, 0.5) is 0 Å². The molecule has 0 aliphatic rings. The molecule has 0 radical (unpaired) electrons. The Kier molecular flexibility index (Phi) is 8.07. The second-order valence-corrected chi connectivity index (χ2v) is 14.9. The molecule has 0 unspecified atom stereocenters. The van der Waals surface area contributed by atoms with Gasteiger partial charge in [-0.25, -0.2) is 15.0 Å². The second-order valence-electron chi connectivity index (χ2n) is 14.9. The average Bonchev–Trinajstić information content (AvgIpc) is 3.74. The third-order valence-electron chi connectivity index (χ3n) is 11.2. The zero-order chi connectivity index (χ0) is 44.0. The molecule has 0 bridgehead atoms. The maximum atomic E-state index is 9.27. The number of nitrogens with zero attached hydrogens (tertiary/aromatic N) is 4. The van der Waals surface area contributed by atoms with Gasteiger partial charge in [-0.05, 0) is 69.3 Å². The Morgan fingerprint density at radius 1 is 0.311 bits per heavy atom. The van der Waals surface area contributed by atoms with Gasteiger partial charge in [-0.2, -0.15) is 0 Å². The van der Waals surface area contributed by atoms with Gasteiger partial charge in [0.1, 0.15) is 0 Å². The Hall–Kier alpha value is -8.21. The minimum absolute atomic E-state index is 0.0753. The lowest BCUT2D eigenvalue weighted by Crippen LogP contribution is -2.01. The SMILES string of the molecule is [2H]c1c([2H])c([2H])c2c(c1[2H])c1cccc(-c3ccccc3-c3ccccc3)c1n2-c1ccc(-c2nc(-c3ccc(-c4ccccc4)cc3)nc(-c3ccc(-c4ccccc4)cc3)n2)cc1. The van der Waals surface area contributed by atoms with E-state index in [0.29, 0.717) is 28.4 Å². The van der Waals surface area contributed by atoms with E-state index in [1.807, 2.05) is 132 Å². The molecule has 0 N–H and O–H groups in total. The van der Waals surface area contributed by atoms with Gasteiger partial charge >= 0.3 is 0 Å². The number of hydrogen-bond donors (Lipinski definition) is 0. The predicted octanol–water partition coefficient (Wildman–Crippen LogP) is 14.6. The molecule has 0 saturated heterocycles. The largest absolute Gasteiger partial charge is 0.309 e. The van der Waals surface area contributed by atoms with Gasteiger partial charge in [0, 0.05) is 38.7 Å². The Morgan fingerprint density at radius 3 is 1.26 bits per heavy atom. The zero-order valence-electron chi connectivity index (χ0n) is 36.9. The van der Waals surface area contributed by atoms with Crippen LogP contribution in [-0.4, -0.2) is 19.5 Å². The second kappa shape index (κ2) is 15.5. The van der Waals surface area contributed by atoms with Crippen molar-refractivity contribution in [3.8, 4) is 84.4 Å². The van der Waals surface area contributed by atoms with Crippen LogP contribution in [0.1, 0.15) is 5.48 Å². The van der Waals surface area contributed by atoms with Gasteiger partial charge in [0.05, 0.1) is 16.5 Å². The number of rotatable bonds is 8. The summed E-state index contributed by atoms with van der Waals surface area (Å²) in [5.41, 5.74) is 12.8. The van der Waals surface area contributed by atoms with E-state index in [9.17, 15) is 1.37 Å². The van der Waals surface area contributed by atoms with Crippen molar-refractivity contribution in [3.63, 3.8) is 0 Å². The lowest BCUT2D eigenvalue weighted by atomic mass is 9.93. The van der Waals surface area contributed by atoms with E-state index in [4.69, 9.17) is 19.1 Å². The van der Waals surface area contributed by atoms with Crippen LogP contribution in [0.3, 0.4) is 0 Å². The molecule has 2 heterocycles. The van der Waals surface area contributed by atoms with Crippen molar-refractivity contribution >= 4 is 21.8 Å². The first-order valence-electron chi connectivity index (χ1n) is 22.3. The maximum Gasteiger partial charge on any atom is 0.164 e. The van der Waals surface area contributed by atoms with Crippen LogP contribution in [0.2, 0.25) is 0 Å². The highest BCUT2D eigenvalue weighted by Crippen LogP contribution is 2.41. The zero-order valence-corrected chi connectivity index (χ0v) is 32.9. The first-order valence-corrected chi connectivity index (χ1v) is 20.3. The molecule has 0 fully saturated rings. The molecule has 286 valence electrons. The van der Waals surface area contributed by atoms with Crippen molar-refractivity contribution < 1.29 is 5.48 Å². The molecular weight excluding hydrogens is 741 g/mol. The maximum absolute atomic E-state index is 9.27. The number of benzene rings is 9. The van der Waals surface area contributed by atoms with E-state index in [1.165, 1.54) is 0 Å². The van der Waals surface area contributed by atoms with Gasteiger partial charge in [-0.15, -0.1) is 0 Å². The average molecular weight is 783 g/mol. The summed E-state index contributed by atoms with van der Waals surface area (Å²) in [5, 5.41) is 1.21. The van der Waals surface area contributed by atoms with E-state index in [2.05, 4.69) is 78.9 Å². The fourth-order valence-corrected chi connectivity index (χ4v) is 8.24. The van der Waals surface area contributed by atoms with E-state index in [1.54, 1.807) is 0 Å². The van der Waals surface area contributed by atoms with Crippen molar-refractivity contribution in [2.24, 2.45) is 0 Å². The quantitative estimate of drug-likeness (QED) is 0.154.